The van der Waals surface area contributed by atoms with E-state index >= 15 is 0 Å². The zero-order valence-corrected chi connectivity index (χ0v) is 26.1. The first kappa shape index (κ1) is 32.3. The Kier molecular flexibility index (Phi) is 11.2. The molecular weight excluding hydrogens is 574 g/mol. The average molecular weight is 614 g/mol. The van der Waals surface area contributed by atoms with E-state index in [1.807, 2.05) is 81.4 Å². The van der Waals surface area contributed by atoms with Gasteiger partial charge >= 0.3 is 0 Å². The molecular formula is C35H39N3O5S. The third-order valence-electron chi connectivity index (χ3n) is 7.30. The monoisotopic (exact) mass is 613 g/mol. The number of hydrogen-bond donors (Lipinski definition) is 1. The van der Waals surface area contributed by atoms with Crippen LogP contribution in [0.5, 0.6) is 11.5 Å². The third-order valence-corrected chi connectivity index (χ3v) is 9.08. The molecule has 0 saturated carbocycles. The molecule has 230 valence electrons. The van der Waals surface area contributed by atoms with Gasteiger partial charge in [-0.3, -0.25) is 13.9 Å². The third kappa shape index (κ3) is 8.26. The van der Waals surface area contributed by atoms with Gasteiger partial charge in [0.2, 0.25) is 11.8 Å². The molecule has 8 nitrogen and oxygen atoms in total. The molecule has 2 unspecified atom stereocenters. The van der Waals surface area contributed by atoms with Crippen molar-refractivity contribution < 1.29 is 22.7 Å². The molecule has 0 fully saturated rings. The summed E-state index contributed by atoms with van der Waals surface area (Å²) in [4.78, 5) is 29.1. The van der Waals surface area contributed by atoms with Gasteiger partial charge < -0.3 is 15.0 Å². The van der Waals surface area contributed by atoms with Gasteiger partial charge in [-0.25, -0.2) is 8.42 Å². The minimum absolute atomic E-state index is 0.0496. The number of ether oxygens (including phenoxy) is 1. The summed E-state index contributed by atoms with van der Waals surface area (Å²) >= 11 is 0. The average Bonchev–Trinajstić information content (AvgIpc) is 3.05. The summed E-state index contributed by atoms with van der Waals surface area (Å²) in [7, 11) is -4.16. The molecule has 1 N–H and O–H groups in total. The van der Waals surface area contributed by atoms with Gasteiger partial charge in [-0.15, -0.1) is 0 Å². The van der Waals surface area contributed by atoms with Gasteiger partial charge in [-0.1, -0.05) is 80.6 Å². The molecule has 0 aliphatic rings. The molecule has 0 spiro atoms. The number of para-hydroxylation sites is 1. The highest BCUT2D eigenvalue weighted by atomic mass is 32.2. The summed E-state index contributed by atoms with van der Waals surface area (Å²) in [6.45, 7) is 5.37. The van der Waals surface area contributed by atoms with Crippen molar-refractivity contribution in [2.45, 2.75) is 57.1 Å². The van der Waals surface area contributed by atoms with E-state index in [9.17, 15) is 18.0 Å². The van der Waals surface area contributed by atoms with Crippen molar-refractivity contribution in [2.24, 2.45) is 0 Å². The van der Waals surface area contributed by atoms with E-state index in [2.05, 4.69) is 5.32 Å². The lowest BCUT2D eigenvalue weighted by atomic mass is 10.1. The van der Waals surface area contributed by atoms with Gasteiger partial charge in [0, 0.05) is 12.6 Å². The Labute approximate surface area is 260 Å². The van der Waals surface area contributed by atoms with Crippen LogP contribution in [0.4, 0.5) is 5.69 Å². The van der Waals surface area contributed by atoms with Crippen LogP contribution in [-0.2, 0) is 26.2 Å². The fourth-order valence-corrected chi connectivity index (χ4v) is 6.13. The van der Waals surface area contributed by atoms with Crippen LogP contribution in [-0.4, -0.2) is 43.8 Å². The molecule has 0 saturated heterocycles. The van der Waals surface area contributed by atoms with E-state index in [0.29, 0.717) is 23.6 Å². The van der Waals surface area contributed by atoms with Gasteiger partial charge in [-0.2, -0.15) is 0 Å². The van der Waals surface area contributed by atoms with Crippen molar-refractivity contribution in [1.29, 1.82) is 0 Å². The maximum absolute atomic E-state index is 14.2. The van der Waals surface area contributed by atoms with Crippen LogP contribution in [0.3, 0.4) is 0 Å². The fraction of sp³-hybridized carbons (Fsp3) is 0.257. The van der Waals surface area contributed by atoms with Crippen LogP contribution < -0.4 is 14.4 Å². The lowest BCUT2D eigenvalue weighted by molar-refractivity contribution is -0.140. The Morgan fingerprint density at radius 1 is 0.750 bits per heavy atom. The van der Waals surface area contributed by atoms with Crippen molar-refractivity contribution in [3.63, 3.8) is 0 Å². The number of rotatable bonds is 14. The van der Waals surface area contributed by atoms with Crippen molar-refractivity contribution in [3.8, 4) is 11.5 Å². The van der Waals surface area contributed by atoms with Crippen molar-refractivity contribution in [3.05, 3.63) is 121 Å². The van der Waals surface area contributed by atoms with Crippen LogP contribution >= 0.6 is 0 Å². The highest BCUT2D eigenvalue weighted by Gasteiger charge is 2.34. The molecule has 4 aromatic rings. The first-order valence-corrected chi connectivity index (χ1v) is 16.2. The van der Waals surface area contributed by atoms with E-state index < -0.39 is 28.5 Å². The molecule has 4 aromatic carbocycles. The summed E-state index contributed by atoms with van der Waals surface area (Å²) in [5.41, 5.74) is 1.12. The maximum atomic E-state index is 14.2. The molecule has 2 atom stereocenters. The highest BCUT2D eigenvalue weighted by Crippen LogP contribution is 2.28. The smallest absolute Gasteiger partial charge is 0.264 e. The Morgan fingerprint density at radius 2 is 1.30 bits per heavy atom. The van der Waals surface area contributed by atoms with E-state index in [1.165, 1.54) is 17.0 Å². The molecule has 44 heavy (non-hydrogen) atoms. The number of carbonyl (C=O) groups excluding carboxylic acids is 2. The number of anilines is 1. The highest BCUT2D eigenvalue weighted by molar-refractivity contribution is 7.92. The molecule has 4 rings (SSSR count). The predicted octanol–water partition coefficient (Wildman–Crippen LogP) is 6.40. The Balaban J connectivity index is 1.70. The summed E-state index contributed by atoms with van der Waals surface area (Å²) < 4.78 is 35.0. The maximum Gasteiger partial charge on any atom is 0.264 e. The van der Waals surface area contributed by atoms with Crippen LogP contribution in [0.1, 0.15) is 39.2 Å². The molecule has 0 aliphatic heterocycles. The molecule has 0 bridgehead atoms. The number of nitrogens with zero attached hydrogens (tertiary/aromatic N) is 2. The second-order valence-corrected chi connectivity index (χ2v) is 12.3. The number of sulfonamides is 1. The minimum atomic E-state index is -4.16. The predicted molar refractivity (Wildman–Crippen MR) is 173 cm³/mol. The molecule has 9 heteroatoms. The minimum Gasteiger partial charge on any atom is -0.457 e. The molecule has 0 aromatic heterocycles. The normalized spacial score (nSPS) is 12.5. The van der Waals surface area contributed by atoms with Gasteiger partial charge in [0.15, 0.2) is 0 Å². The summed E-state index contributed by atoms with van der Waals surface area (Å²) in [6.07, 6.45) is 1.10. The number of hydrogen-bond acceptors (Lipinski definition) is 5. The van der Waals surface area contributed by atoms with Gasteiger partial charge in [0.1, 0.15) is 24.1 Å². The van der Waals surface area contributed by atoms with Crippen LogP contribution in [0, 0.1) is 0 Å². The zero-order chi connectivity index (χ0) is 31.5. The second kappa shape index (κ2) is 15.2. The second-order valence-electron chi connectivity index (χ2n) is 10.5. The zero-order valence-electron chi connectivity index (χ0n) is 25.3. The van der Waals surface area contributed by atoms with Gasteiger partial charge in [0.25, 0.3) is 10.0 Å². The number of carbonyl (C=O) groups is 2. The number of amides is 2. The van der Waals surface area contributed by atoms with Crippen LogP contribution in [0.2, 0.25) is 0 Å². The number of nitrogens with one attached hydrogen (secondary N) is 1. The van der Waals surface area contributed by atoms with E-state index in [1.54, 1.807) is 42.5 Å². The quantitative estimate of drug-likeness (QED) is 0.178. The van der Waals surface area contributed by atoms with E-state index in [4.69, 9.17) is 4.74 Å². The standard InChI is InChI=1S/C35H39N3O5S/c1-4-27(3)36-35(40)33(5-2)37(25-28-15-9-6-10-16-28)34(39)26-38(44(41,42)32-19-13-8-14-20-32)29-21-23-31(24-22-29)43-30-17-11-7-12-18-30/h6-24,27,33H,4-5,25-26H2,1-3H3,(H,36,40). The van der Waals surface area contributed by atoms with E-state index in [0.717, 1.165) is 16.3 Å². The van der Waals surface area contributed by atoms with Crippen molar-refractivity contribution in [2.75, 3.05) is 10.8 Å². The molecule has 0 radical (unpaired) electrons. The van der Waals surface area contributed by atoms with Gasteiger partial charge in [-0.05, 0) is 73.9 Å². The molecule has 0 heterocycles. The largest absolute Gasteiger partial charge is 0.457 e. The molecule has 2 amide bonds. The summed E-state index contributed by atoms with van der Waals surface area (Å²) in [6, 6.07) is 32.3. The first-order chi connectivity index (χ1) is 21.2. The number of benzene rings is 4. The molecule has 0 aliphatic carbocycles. The Bertz CT molecular complexity index is 1600. The summed E-state index contributed by atoms with van der Waals surface area (Å²) in [5.74, 6) is 0.388. The topological polar surface area (TPSA) is 96.0 Å². The van der Waals surface area contributed by atoms with Crippen molar-refractivity contribution in [1.82, 2.24) is 10.2 Å². The Morgan fingerprint density at radius 3 is 1.86 bits per heavy atom. The SMILES string of the molecule is CCC(C)NC(=O)C(CC)N(Cc1ccccc1)C(=O)CN(c1ccc(Oc2ccccc2)cc1)S(=O)(=O)c1ccccc1. The fourth-order valence-electron chi connectivity index (χ4n) is 4.69. The first-order valence-electron chi connectivity index (χ1n) is 14.8. The van der Waals surface area contributed by atoms with Crippen molar-refractivity contribution >= 4 is 27.5 Å². The lowest BCUT2D eigenvalue weighted by Gasteiger charge is -2.33. The van der Waals surface area contributed by atoms with E-state index in [-0.39, 0.29) is 23.4 Å². The Hall–Kier alpha value is -4.63. The van der Waals surface area contributed by atoms with Crippen LogP contribution in [0.25, 0.3) is 0 Å². The van der Waals surface area contributed by atoms with Crippen LogP contribution in [0.15, 0.2) is 120 Å². The summed E-state index contributed by atoms with van der Waals surface area (Å²) in [5, 5.41) is 2.99. The van der Waals surface area contributed by atoms with Gasteiger partial charge in [0.05, 0.1) is 10.6 Å². The lowest BCUT2D eigenvalue weighted by Crippen LogP contribution is -2.53.